The first kappa shape index (κ1) is 112. The minimum Gasteiger partial charge on any atom is -0.540 e. The van der Waals surface area contributed by atoms with Gasteiger partial charge in [0.05, 0.1) is 74.1 Å². The van der Waals surface area contributed by atoms with Crippen LogP contribution in [0.3, 0.4) is 0 Å². The Labute approximate surface area is 877 Å². The number of methoxy groups -OCH3 is 3. The van der Waals surface area contributed by atoms with Crippen LogP contribution in [0.4, 0.5) is 40.7 Å². The van der Waals surface area contributed by atoms with E-state index in [1.165, 1.54) is 36.0 Å². The molecule has 0 unspecified atom stereocenters. The number of amides is 6. The molecule has 18 atom stereocenters. The minimum absolute atomic E-state index is 0. The van der Waals surface area contributed by atoms with Crippen LogP contribution in [0.5, 0.6) is 34.9 Å². The largest absolute Gasteiger partial charge is 0.540 e. The second-order valence-corrected chi connectivity index (χ2v) is 42.4. The molecule has 6 aromatic rings. The summed E-state index contributed by atoms with van der Waals surface area (Å²) in [6.45, 7) is 13.2. The smallest absolute Gasteiger partial charge is 0.408 e. The first-order valence-corrected chi connectivity index (χ1v) is 51.2. The summed E-state index contributed by atoms with van der Waals surface area (Å²) < 4.78 is 149. The van der Waals surface area contributed by atoms with Crippen molar-refractivity contribution in [2.24, 2.45) is 51.8 Å². The molecular weight excluding hydrogens is 1980 g/mol. The van der Waals surface area contributed by atoms with E-state index in [2.05, 4.69) is 45.9 Å². The Bertz CT molecular complexity index is 5570. The van der Waals surface area contributed by atoms with E-state index in [1.54, 1.807) is 54.6 Å². The standard InChI is InChI=1S/C36H47F2N4O6.C35H45F2N4O6.C34H43F2N4O6.3V.3H2/c1-4-24-27(21-43)42-20-29(24)47-32-30(39-25-15-14-23(46-3)19-26(25)40-32)36(37,38)18-9-6-11-22-12-10-13-28(22)48-34(45)41-31(33(42)44)35(2)16-7-5-8-17-35;1-5-23-26(20-42)41-19-27(23)46-30-28(38-24-13-12-22(45-4)17-25(24)39-30)35(36,37)16-10-7-11-21-18-34(21,3)47-32(44)40-29(31(41)43)33(2)14-8-6-9-15-33;1-4-22-25(19-41)40-18-27(22)45-30-28(37-23-12-11-21(44-3)17-24(23)38-30)34(35,36)15-9-6-10-20-16-26(20)46-32(43)39-29(31(40)42)33(2)13-7-5-8-14-33;;;;;;/h14-15,19,22,24,27-29,31H,4-13,16-18,20H2,1-3H3,(H,41,45);12-13,17,21,23,26-27,29H,5-11,14-16,18-19H2,1-4H3,(H,40,44);11-12,17,20,22,25-27,29H,4-10,13-16,18H2,1-3H3,(H,39,43);;;;3*1H/q3*-1;;;;;;/t22-,24+,27-,28-,29+,31-;21-,23+,26-,27+,29-,34-;20-,22+,25-,26-,27+,29-;;;;;;/m111....../s1. The number of aromatic nitrogens is 6. The number of fused-ring (bicyclic) bond motifs is 15. The molecule has 6 aliphatic heterocycles. The van der Waals surface area contributed by atoms with Gasteiger partial charge in [0, 0.05) is 103 Å². The van der Waals surface area contributed by atoms with E-state index in [0.717, 1.165) is 109 Å². The average Bonchev–Trinajstić information content (AvgIpc) is 1.28. The van der Waals surface area contributed by atoms with Gasteiger partial charge in [-0.3, -0.25) is 14.4 Å². The maximum absolute atomic E-state index is 16.1. The SMILES string of the molecule is CC[C@@H]1[C@@H]2CN(C(=O)[C@H](C3(C)CCCCC3)NC(=O)O[C@@H]3CCC[C@H]3CCCCC(F)(F)c3nc4ccc(OC)cc4nc3O2)[C@@H]1[C-]=O.CC[C@@H]1[C@@H]2CN(C(=O)[C@H](C3(C)CCCCC3)NC(=O)O[C@@H]3C[C@H]3CCCCC(F)(F)c3nc4ccc(OC)cc4nc3O2)[C@@H]1[C-]=O.CC[C@@H]1[C@@H]2CN(C(=O)[C@H](C3(C)CCCCC3)NC(=O)O[C@]3(C)C[C@H]3CCCCC(F)(F)c3nc4ccc(OC)cc4nc3O2)[C@@H]1[C-]=O.[HH].[HH].[HH].[V].[V].[V]. The summed E-state index contributed by atoms with van der Waals surface area (Å²) in [6, 6.07) is 8.66. The van der Waals surface area contributed by atoms with Crippen LogP contribution < -0.4 is 44.4 Å². The van der Waals surface area contributed by atoms with E-state index in [-0.39, 0.29) is 163 Å². The van der Waals surface area contributed by atoms with Gasteiger partial charge in [0.1, 0.15) is 71.5 Å². The van der Waals surface area contributed by atoms with Crippen LogP contribution in [0.2, 0.25) is 0 Å². The molecule has 12 aliphatic rings. The Morgan fingerprint density at radius 1 is 0.375 bits per heavy atom. The van der Waals surface area contributed by atoms with Gasteiger partial charge in [-0.05, 0) is 198 Å². The summed E-state index contributed by atoms with van der Waals surface area (Å²) in [5.74, 6) is -12.3. The number of alkyl carbamates (subject to hydrolysis) is 3. The molecule has 18 rings (SSSR count). The third-order valence-corrected chi connectivity index (χ3v) is 32.9. The van der Waals surface area contributed by atoms with Crippen LogP contribution in [0.1, 0.15) is 295 Å². The topological polar surface area (TPSA) is 360 Å². The Kier molecular flexibility index (Phi) is 36.8. The second kappa shape index (κ2) is 47.3. The van der Waals surface area contributed by atoms with Gasteiger partial charge < -0.3 is 87.7 Å². The molecule has 3 radical (unpaired) electrons. The summed E-state index contributed by atoms with van der Waals surface area (Å²) in [7, 11) is 4.50. The zero-order valence-corrected chi connectivity index (χ0v) is 88.1. The molecule has 3 aromatic heterocycles. The molecule has 789 valence electrons. The number of halogens is 6. The van der Waals surface area contributed by atoms with Crippen molar-refractivity contribution in [3.63, 3.8) is 0 Å². The van der Waals surface area contributed by atoms with Crippen molar-refractivity contribution in [3.05, 3.63) is 71.7 Å². The quantitative estimate of drug-likeness (QED) is 0.0582. The summed E-state index contributed by atoms with van der Waals surface area (Å²) in [6.07, 6.45) is 21.6. The fraction of sp³-hybridized carbons (Fsp3) is 0.686. The van der Waals surface area contributed by atoms with E-state index in [9.17, 15) is 43.2 Å². The van der Waals surface area contributed by atoms with E-state index in [0.29, 0.717) is 111 Å². The van der Waals surface area contributed by atoms with Gasteiger partial charge >= 0.3 is 18.3 Å². The van der Waals surface area contributed by atoms with Gasteiger partial charge in [0.15, 0.2) is 17.1 Å². The van der Waals surface area contributed by atoms with Gasteiger partial charge in [-0.1, -0.05) is 156 Å². The van der Waals surface area contributed by atoms with Crippen LogP contribution in [-0.4, -0.2) is 213 Å². The van der Waals surface area contributed by atoms with Gasteiger partial charge in [0.25, 0.3) is 17.8 Å². The van der Waals surface area contributed by atoms with Gasteiger partial charge in [-0.25, -0.2) is 63.1 Å². The van der Waals surface area contributed by atoms with Crippen molar-refractivity contribution in [1.29, 1.82) is 0 Å². The predicted molar refractivity (Wildman–Crippen MR) is 513 cm³/mol. The predicted octanol–water partition coefficient (Wildman–Crippen LogP) is 19.5. The fourth-order valence-electron chi connectivity index (χ4n) is 24.1. The van der Waals surface area contributed by atoms with Gasteiger partial charge in [-0.15, -0.1) is 0 Å². The number of hydrogen-bond acceptors (Lipinski definition) is 24. The molecule has 6 amide bonds. The first-order chi connectivity index (χ1) is 67.5. The molecule has 3 N–H and O–H groups in total. The van der Waals surface area contributed by atoms with Crippen molar-refractivity contribution in [3.8, 4) is 34.9 Å². The van der Waals surface area contributed by atoms with Crippen molar-refractivity contribution in [1.82, 2.24) is 60.6 Å². The van der Waals surface area contributed by atoms with Crippen LogP contribution >= 0.6 is 0 Å². The zero-order valence-electron chi connectivity index (χ0n) is 83.9. The van der Waals surface area contributed by atoms with Gasteiger partial charge in [0.2, 0.25) is 35.4 Å². The molecule has 6 aliphatic carbocycles. The molecule has 9 heterocycles. The molecule has 3 aromatic carbocycles. The van der Waals surface area contributed by atoms with Crippen LogP contribution in [0, 0.1) is 51.8 Å². The number of carbonyl (C=O) groups is 6. The first-order valence-electron chi connectivity index (χ1n) is 51.2. The number of benzene rings is 3. The number of nitrogens with one attached hydrogen (secondary N) is 3. The molecule has 144 heavy (non-hydrogen) atoms. The van der Waals surface area contributed by atoms with Crippen LogP contribution in [0.25, 0.3) is 33.1 Å². The molecule has 6 bridgehead atoms. The van der Waals surface area contributed by atoms with E-state index < -0.39 is 184 Å². The normalized spacial score (nSPS) is 30.9. The Hall–Kier alpha value is -8.96. The number of rotatable bonds is 12. The maximum atomic E-state index is 16.1. The molecule has 39 heteroatoms. The molecule has 30 nitrogen and oxygen atoms in total. The maximum Gasteiger partial charge on any atom is 0.408 e. The Morgan fingerprint density at radius 3 is 1.02 bits per heavy atom. The number of carbonyl (C=O) groups excluding carboxylic acids is 9. The zero-order chi connectivity index (χ0) is 100. The van der Waals surface area contributed by atoms with E-state index in [4.69, 9.17) is 42.6 Å². The third-order valence-electron chi connectivity index (χ3n) is 32.9. The van der Waals surface area contributed by atoms with Gasteiger partial charge in [-0.2, -0.15) is 26.3 Å². The Balaban J connectivity index is 0.000000221. The molecule has 3 saturated heterocycles. The summed E-state index contributed by atoms with van der Waals surface area (Å²) >= 11 is 0. The summed E-state index contributed by atoms with van der Waals surface area (Å²) in [5.41, 5.74) is -2.31. The van der Waals surface area contributed by atoms with E-state index >= 15 is 26.3 Å². The second-order valence-electron chi connectivity index (χ2n) is 42.4. The molecular formula is C105H141F6N12O18V3-3. The fourth-order valence-corrected chi connectivity index (χ4v) is 24.1. The number of nitrogens with zero attached hydrogens (tertiary/aromatic N) is 9. The van der Waals surface area contributed by atoms with Crippen molar-refractivity contribution >= 4 is 88.0 Å². The monoisotopic (exact) mass is 2120 g/mol. The summed E-state index contributed by atoms with van der Waals surface area (Å²) in [5, 5.41) is 8.78. The molecule has 0 spiro atoms. The Morgan fingerprint density at radius 2 is 0.688 bits per heavy atom. The average molecular weight is 2130 g/mol. The molecule has 9 fully saturated rings. The van der Waals surface area contributed by atoms with Crippen LogP contribution in [0.15, 0.2) is 54.6 Å². The number of alkyl halides is 6. The number of ether oxygens (including phenoxy) is 9. The third kappa shape index (κ3) is 24.4. The van der Waals surface area contributed by atoms with Crippen LogP contribution in [-0.2, 0) is 116 Å². The number of hydrogen-bond donors (Lipinski definition) is 3. The summed E-state index contributed by atoms with van der Waals surface area (Å²) in [4.78, 5) is 152. The van der Waals surface area contributed by atoms with E-state index in [1.807, 2.05) is 67.3 Å². The minimum atomic E-state index is -3.36. The van der Waals surface area contributed by atoms with Crippen molar-refractivity contribution in [2.75, 3.05) is 41.0 Å². The molecule has 6 saturated carbocycles. The van der Waals surface area contributed by atoms with Crippen molar-refractivity contribution < 1.29 is 172 Å². The van der Waals surface area contributed by atoms with Crippen molar-refractivity contribution in [2.45, 2.75) is 363 Å².